The van der Waals surface area contributed by atoms with Gasteiger partial charge in [-0.05, 0) is 31.2 Å². The zero-order valence-electron chi connectivity index (χ0n) is 10.9. The van der Waals surface area contributed by atoms with Crippen LogP contribution in [0.1, 0.15) is 6.92 Å². The van der Waals surface area contributed by atoms with E-state index in [0.29, 0.717) is 0 Å². The van der Waals surface area contributed by atoms with Crippen LogP contribution >= 0.6 is 0 Å². The lowest BCUT2D eigenvalue weighted by Crippen LogP contribution is -2.32. The van der Waals surface area contributed by atoms with Gasteiger partial charge in [0.05, 0.1) is 11.4 Å². The molecule has 0 radical (unpaired) electrons. The number of nitrogens with one attached hydrogen (secondary N) is 2. The van der Waals surface area contributed by atoms with Gasteiger partial charge in [0.15, 0.2) is 0 Å². The van der Waals surface area contributed by atoms with Gasteiger partial charge in [0.2, 0.25) is 5.91 Å². The number of benzene rings is 2. The molecule has 2 N–H and O–H groups in total. The monoisotopic (exact) mass is 276 g/mol. The lowest BCUT2D eigenvalue weighted by molar-refractivity contribution is -0.116. The van der Waals surface area contributed by atoms with E-state index in [1.165, 1.54) is 30.3 Å². The molecule has 0 aromatic heterocycles. The molecule has 20 heavy (non-hydrogen) atoms. The van der Waals surface area contributed by atoms with Crippen molar-refractivity contribution < 1.29 is 13.6 Å². The molecule has 0 saturated heterocycles. The summed E-state index contributed by atoms with van der Waals surface area (Å²) in [5.74, 6) is -1.41. The molecule has 1 unspecified atom stereocenters. The van der Waals surface area contributed by atoms with Crippen molar-refractivity contribution in [1.82, 2.24) is 0 Å². The highest BCUT2D eigenvalue weighted by atomic mass is 19.1. The quantitative estimate of drug-likeness (QED) is 0.898. The van der Waals surface area contributed by atoms with E-state index in [0.717, 1.165) is 0 Å². The van der Waals surface area contributed by atoms with Crippen LogP contribution in [0.2, 0.25) is 0 Å². The van der Waals surface area contributed by atoms with Gasteiger partial charge in [-0.2, -0.15) is 0 Å². The topological polar surface area (TPSA) is 41.1 Å². The van der Waals surface area contributed by atoms with Crippen molar-refractivity contribution in [3.8, 4) is 0 Å². The van der Waals surface area contributed by atoms with E-state index >= 15 is 0 Å². The summed E-state index contributed by atoms with van der Waals surface area (Å²) < 4.78 is 26.9. The molecule has 1 amide bonds. The number of hydrogen-bond acceptors (Lipinski definition) is 2. The molecule has 5 heteroatoms. The molecular weight excluding hydrogens is 262 g/mol. The number of halogens is 2. The van der Waals surface area contributed by atoms with Gasteiger partial charge in [0, 0.05) is 0 Å². The Morgan fingerprint density at radius 1 is 0.950 bits per heavy atom. The number of carbonyl (C=O) groups is 1. The highest BCUT2D eigenvalue weighted by molar-refractivity contribution is 5.96. The van der Waals surface area contributed by atoms with E-state index in [1.54, 1.807) is 25.1 Å². The van der Waals surface area contributed by atoms with Crippen molar-refractivity contribution in [2.75, 3.05) is 10.6 Å². The van der Waals surface area contributed by atoms with E-state index in [1.807, 2.05) is 0 Å². The minimum Gasteiger partial charge on any atom is -0.372 e. The third-order valence-corrected chi connectivity index (χ3v) is 2.77. The molecule has 0 saturated carbocycles. The molecule has 0 fully saturated rings. The Morgan fingerprint density at radius 2 is 1.45 bits per heavy atom. The fraction of sp³-hybridized carbons (Fsp3) is 0.133. The molecule has 0 aliphatic heterocycles. The Bertz CT molecular complexity index is 616. The first-order valence-corrected chi connectivity index (χ1v) is 6.14. The summed E-state index contributed by atoms with van der Waals surface area (Å²) in [7, 11) is 0. The molecule has 0 bridgehead atoms. The summed E-state index contributed by atoms with van der Waals surface area (Å²) in [5, 5.41) is 5.19. The average molecular weight is 276 g/mol. The van der Waals surface area contributed by atoms with Crippen molar-refractivity contribution >= 4 is 17.3 Å². The fourth-order valence-corrected chi connectivity index (χ4v) is 1.68. The van der Waals surface area contributed by atoms with Crippen LogP contribution in [0.15, 0.2) is 48.5 Å². The molecule has 104 valence electrons. The van der Waals surface area contributed by atoms with E-state index in [4.69, 9.17) is 0 Å². The first-order chi connectivity index (χ1) is 9.58. The lowest BCUT2D eigenvalue weighted by Gasteiger charge is -2.16. The van der Waals surface area contributed by atoms with Crippen LogP contribution in [0.4, 0.5) is 20.2 Å². The first-order valence-electron chi connectivity index (χ1n) is 6.14. The molecule has 2 aromatic carbocycles. The minimum absolute atomic E-state index is 0.0969. The number of hydrogen-bond donors (Lipinski definition) is 2. The Balaban J connectivity index is 2.03. The Labute approximate surface area is 115 Å². The largest absolute Gasteiger partial charge is 0.372 e. The zero-order chi connectivity index (χ0) is 14.5. The third-order valence-electron chi connectivity index (χ3n) is 2.77. The van der Waals surface area contributed by atoms with Crippen molar-refractivity contribution in [2.45, 2.75) is 13.0 Å². The van der Waals surface area contributed by atoms with Gasteiger partial charge in [-0.3, -0.25) is 4.79 Å². The van der Waals surface area contributed by atoms with Gasteiger partial charge >= 0.3 is 0 Å². The maximum absolute atomic E-state index is 13.5. The number of para-hydroxylation sites is 2. The molecule has 0 aliphatic carbocycles. The summed E-state index contributed by atoms with van der Waals surface area (Å²) in [6, 6.07) is 11.2. The molecular formula is C15H14F2N2O. The van der Waals surface area contributed by atoms with Crippen molar-refractivity contribution in [1.29, 1.82) is 0 Å². The molecule has 3 nitrogen and oxygen atoms in total. The predicted molar refractivity (Wildman–Crippen MR) is 74.5 cm³/mol. The highest BCUT2D eigenvalue weighted by Gasteiger charge is 2.15. The van der Waals surface area contributed by atoms with Gasteiger partial charge in [0.25, 0.3) is 0 Å². The standard InChI is InChI=1S/C15H14F2N2O/c1-10(18-13-8-4-2-6-11(13)16)15(20)19-14-9-5-3-7-12(14)17/h2-10,18H,1H3,(H,19,20). The number of anilines is 2. The van der Waals surface area contributed by atoms with Crippen molar-refractivity contribution in [3.05, 3.63) is 60.2 Å². The lowest BCUT2D eigenvalue weighted by atomic mass is 10.2. The van der Waals surface area contributed by atoms with Gasteiger partial charge in [0.1, 0.15) is 17.7 Å². The summed E-state index contributed by atoms with van der Waals surface area (Å²) in [5.41, 5.74) is 0.323. The first kappa shape index (κ1) is 14.0. The smallest absolute Gasteiger partial charge is 0.246 e. The van der Waals surface area contributed by atoms with Gasteiger partial charge < -0.3 is 10.6 Å². The second-order valence-corrected chi connectivity index (χ2v) is 4.31. The Kier molecular flexibility index (Phi) is 4.30. The van der Waals surface area contributed by atoms with Gasteiger partial charge in [-0.15, -0.1) is 0 Å². The predicted octanol–water partition coefficient (Wildman–Crippen LogP) is 3.40. The maximum Gasteiger partial charge on any atom is 0.246 e. The van der Waals surface area contributed by atoms with E-state index in [2.05, 4.69) is 10.6 Å². The maximum atomic E-state index is 13.5. The van der Waals surface area contributed by atoms with E-state index in [9.17, 15) is 13.6 Å². The number of carbonyl (C=O) groups excluding carboxylic acids is 1. The summed E-state index contributed by atoms with van der Waals surface area (Å²) in [6.45, 7) is 1.57. The van der Waals surface area contributed by atoms with Crippen LogP contribution in [0.3, 0.4) is 0 Å². The zero-order valence-corrected chi connectivity index (χ0v) is 10.9. The van der Waals surface area contributed by atoms with Crippen LogP contribution in [-0.2, 0) is 4.79 Å². The van der Waals surface area contributed by atoms with Crippen LogP contribution in [0.25, 0.3) is 0 Å². The average Bonchev–Trinajstić information content (AvgIpc) is 2.43. The summed E-state index contributed by atoms with van der Waals surface area (Å²) in [4.78, 5) is 11.9. The fourth-order valence-electron chi connectivity index (χ4n) is 1.68. The highest BCUT2D eigenvalue weighted by Crippen LogP contribution is 2.16. The van der Waals surface area contributed by atoms with E-state index in [-0.39, 0.29) is 11.4 Å². The molecule has 0 heterocycles. The second-order valence-electron chi connectivity index (χ2n) is 4.31. The van der Waals surface area contributed by atoms with Crippen LogP contribution in [0.5, 0.6) is 0 Å². The SMILES string of the molecule is CC(Nc1ccccc1F)C(=O)Nc1ccccc1F. The van der Waals surface area contributed by atoms with Gasteiger partial charge in [-0.25, -0.2) is 8.78 Å². The summed E-state index contributed by atoms with van der Waals surface area (Å²) >= 11 is 0. The van der Waals surface area contributed by atoms with Crippen molar-refractivity contribution in [3.63, 3.8) is 0 Å². The number of amides is 1. The Hall–Kier alpha value is -2.43. The molecule has 0 aliphatic rings. The molecule has 2 rings (SSSR count). The van der Waals surface area contributed by atoms with Crippen molar-refractivity contribution in [2.24, 2.45) is 0 Å². The molecule has 0 spiro atoms. The van der Waals surface area contributed by atoms with Crippen LogP contribution < -0.4 is 10.6 Å². The normalized spacial score (nSPS) is 11.8. The number of rotatable bonds is 4. The van der Waals surface area contributed by atoms with Crippen LogP contribution in [0, 0.1) is 11.6 Å². The third kappa shape index (κ3) is 3.32. The Morgan fingerprint density at radius 3 is 2.00 bits per heavy atom. The van der Waals surface area contributed by atoms with Crippen LogP contribution in [-0.4, -0.2) is 11.9 Å². The summed E-state index contributed by atoms with van der Waals surface area (Å²) in [6.07, 6.45) is 0. The van der Waals surface area contributed by atoms with E-state index < -0.39 is 23.6 Å². The van der Waals surface area contributed by atoms with Gasteiger partial charge in [-0.1, -0.05) is 24.3 Å². The molecule has 2 aromatic rings. The second kappa shape index (κ2) is 6.14. The molecule has 1 atom stereocenters. The minimum atomic E-state index is -0.702.